The van der Waals surface area contributed by atoms with Crippen molar-refractivity contribution in [1.29, 1.82) is 0 Å². The number of hydrogen-bond donors (Lipinski definition) is 2. The Labute approximate surface area is 295 Å². The average Bonchev–Trinajstić information content (AvgIpc) is 3.76. The number of likely N-dealkylation sites (tertiary alicyclic amines) is 1. The molecule has 0 radical (unpaired) electrons. The molecule has 1 aliphatic heterocycles. The molecule has 3 aromatic rings. The molecule has 2 N–H and O–H groups in total. The van der Waals surface area contributed by atoms with Crippen molar-refractivity contribution in [2.45, 2.75) is 113 Å². The smallest absolute Gasteiger partial charge is 0.157 e. The van der Waals surface area contributed by atoms with Crippen molar-refractivity contribution < 1.29 is 27.0 Å². The maximum Gasteiger partial charge on any atom is 0.157 e. The molecule has 2 aliphatic rings. The first kappa shape index (κ1) is 39.2. The Balaban J connectivity index is 0.000000302. The maximum atomic E-state index is 13.0. The molecule has 49 heavy (non-hydrogen) atoms. The van der Waals surface area contributed by atoms with Gasteiger partial charge in [0.2, 0.25) is 0 Å². The van der Waals surface area contributed by atoms with Gasteiger partial charge >= 0.3 is 0 Å². The molecule has 3 atom stereocenters. The van der Waals surface area contributed by atoms with Crippen LogP contribution in [0.4, 0.5) is 0 Å². The molecular weight excluding hydrogens is 655 g/mol. The van der Waals surface area contributed by atoms with Crippen LogP contribution in [0.1, 0.15) is 96.8 Å². The molecule has 7 nitrogen and oxygen atoms in total. The largest absolute Gasteiger partial charge is 0.392 e. The minimum Gasteiger partial charge on any atom is -0.392 e. The van der Waals surface area contributed by atoms with Crippen LogP contribution in [0.15, 0.2) is 91.0 Å². The molecule has 9 heteroatoms. The monoisotopic (exact) mass is 711 g/mol. The Morgan fingerprint density at radius 2 is 0.959 bits per heavy atom. The van der Waals surface area contributed by atoms with Crippen LogP contribution >= 0.6 is 0 Å². The van der Waals surface area contributed by atoms with Gasteiger partial charge in [-0.3, -0.25) is 4.90 Å². The normalized spacial score (nSPS) is 19.6. The van der Waals surface area contributed by atoms with Gasteiger partial charge in [0.25, 0.3) is 0 Å². The number of rotatable bonds is 10. The fourth-order valence-corrected chi connectivity index (χ4v) is 9.58. The van der Waals surface area contributed by atoms with Gasteiger partial charge in [0, 0.05) is 12.6 Å². The van der Waals surface area contributed by atoms with E-state index < -0.39 is 46.9 Å². The number of aliphatic hydroxyl groups excluding tert-OH is 2. The van der Waals surface area contributed by atoms with Gasteiger partial charge in [-0.2, -0.15) is 0 Å². The second-order valence-corrected chi connectivity index (χ2v) is 21.3. The third kappa shape index (κ3) is 8.85. The third-order valence-corrected chi connectivity index (χ3v) is 15.6. The lowest BCUT2D eigenvalue weighted by Gasteiger charge is -2.47. The molecule has 270 valence electrons. The van der Waals surface area contributed by atoms with Gasteiger partial charge in [0.1, 0.15) is 0 Å². The highest BCUT2D eigenvalue weighted by Gasteiger charge is 2.49. The molecule has 0 unspecified atom stereocenters. The molecule has 0 spiro atoms. The van der Waals surface area contributed by atoms with E-state index in [9.17, 15) is 27.0 Å². The Hall–Kier alpha value is -2.56. The van der Waals surface area contributed by atoms with E-state index in [1.54, 1.807) is 41.5 Å². The van der Waals surface area contributed by atoms with Crippen LogP contribution < -0.4 is 0 Å². The van der Waals surface area contributed by atoms with Crippen LogP contribution in [-0.4, -0.2) is 77.7 Å². The van der Waals surface area contributed by atoms with Crippen molar-refractivity contribution in [3.05, 3.63) is 108 Å². The molecule has 1 aliphatic carbocycles. The number of aliphatic hydroxyl groups is 2. The second kappa shape index (κ2) is 15.8. The second-order valence-electron chi connectivity index (χ2n) is 15.7. The van der Waals surface area contributed by atoms with E-state index in [4.69, 9.17) is 0 Å². The highest BCUT2D eigenvalue weighted by molar-refractivity contribution is 7.93. The van der Waals surface area contributed by atoms with Crippen molar-refractivity contribution in [2.24, 2.45) is 5.92 Å². The summed E-state index contributed by atoms with van der Waals surface area (Å²) in [5, 5.41) is 21.3. The lowest BCUT2D eigenvalue weighted by atomic mass is 9.75. The Kier molecular flexibility index (Phi) is 12.6. The quantitative estimate of drug-likeness (QED) is 0.224. The molecule has 0 amide bonds. The molecule has 3 aromatic carbocycles. The zero-order valence-electron chi connectivity index (χ0n) is 30.1. The maximum absolute atomic E-state index is 13.0. The predicted octanol–water partition coefficient (Wildman–Crippen LogP) is 6.77. The minimum absolute atomic E-state index is 0.0822. The summed E-state index contributed by atoms with van der Waals surface area (Å²) in [5.41, 5.74) is 2.65. The molecule has 0 bridgehead atoms. The van der Waals surface area contributed by atoms with Crippen LogP contribution in [-0.2, 0) is 25.2 Å². The zero-order chi connectivity index (χ0) is 36.1. The number of sulfone groups is 2. The highest BCUT2D eigenvalue weighted by Crippen LogP contribution is 2.46. The van der Waals surface area contributed by atoms with E-state index in [2.05, 4.69) is 41.3 Å². The standard InChI is InChI=1S/C29H35NO3S.C11H22O3S/c1-28(2,3)34(32,33)22-27(31)26-20-13-21-30(26)29(23-14-7-4-8-15-23,24-16-9-5-10-17-24)25-18-11-6-12-19-25;1-11(2,3)15(13,14)8-10(12)9-6-4-5-7-9/h4-12,14-19,26-27,31H,13,20-22H2,1-3H3;9-10,12H,4-8H2,1-3H3/t26-,27+;10-/m10/s1. The van der Waals surface area contributed by atoms with E-state index in [0.29, 0.717) is 0 Å². The van der Waals surface area contributed by atoms with Gasteiger partial charge in [-0.15, -0.1) is 0 Å². The van der Waals surface area contributed by atoms with E-state index in [1.807, 2.05) is 54.6 Å². The summed E-state index contributed by atoms with van der Waals surface area (Å²) in [5.74, 6) is -0.130. The summed E-state index contributed by atoms with van der Waals surface area (Å²) >= 11 is 0. The van der Waals surface area contributed by atoms with Gasteiger partial charge in [0.05, 0.1) is 38.7 Å². The van der Waals surface area contributed by atoms with Crippen molar-refractivity contribution >= 4 is 19.7 Å². The molecular formula is C40H57NO6S2. The fraction of sp³-hybridized carbons (Fsp3) is 0.550. The molecule has 0 aromatic heterocycles. The molecule has 2 fully saturated rings. The summed E-state index contributed by atoms with van der Waals surface area (Å²) < 4.78 is 48.1. The van der Waals surface area contributed by atoms with Gasteiger partial charge in [0.15, 0.2) is 19.7 Å². The van der Waals surface area contributed by atoms with Crippen LogP contribution in [0.25, 0.3) is 0 Å². The zero-order valence-corrected chi connectivity index (χ0v) is 31.8. The Bertz CT molecular complexity index is 1580. The van der Waals surface area contributed by atoms with E-state index in [0.717, 1.165) is 61.8 Å². The summed E-state index contributed by atoms with van der Waals surface area (Å²) in [6, 6.07) is 30.8. The summed E-state index contributed by atoms with van der Waals surface area (Å²) in [6.45, 7) is 10.9. The number of nitrogens with zero attached hydrogens (tertiary/aromatic N) is 1. The van der Waals surface area contributed by atoms with E-state index >= 15 is 0 Å². The fourth-order valence-electron chi connectivity index (χ4n) is 7.18. The van der Waals surface area contributed by atoms with E-state index in [1.165, 1.54) is 0 Å². The Morgan fingerprint density at radius 3 is 1.33 bits per heavy atom. The van der Waals surface area contributed by atoms with Crippen LogP contribution in [0.3, 0.4) is 0 Å². The van der Waals surface area contributed by atoms with Gasteiger partial charge in [-0.05, 0) is 89.8 Å². The van der Waals surface area contributed by atoms with Crippen LogP contribution in [0.2, 0.25) is 0 Å². The lowest BCUT2D eigenvalue weighted by molar-refractivity contribution is 0.0450. The predicted molar refractivity (Wildman–Crippen MR) is 200 cm³/mol. The van der Waals surface area contributed by atoms with Gasteiger partial charge in [-0.25, -0.2) is 16.8 Å². The van der Waals surface area contributed by atoms with Gasteiger partial charge in [-0.1, -0.05) is 104 Å². The highest BCUT2D eigenvalue weighted by atomic mass is 32.2. The minimum atomic E-state index is -3.47. The third-order valence-electron chi connectivity index (χ3n) is 10.3. The Morgan fingerprint density at radius 1 is 0.592 bits per heavy atom. The topological polar surface area (TPSA) is 112 Å². The van der Waals surface area contributed by atoms with Crippen molar-refractivity contribution in [3.63, 3.8) is 0 Å². The van der Waals surface area contributed by atoms with Crippen molar-refractivity contribution in [2.75, 3.05) is 18.1 Å². The van der Waals surface area contributed by atoms with Crippen molar-refractivity contribution in [1.82, 2.24) is 4.90 Å². The number of benzene rings is 3. The average molecular weight is 712 g/mol. The van der Waals surface area contributed by atoms with Crippen LogP contribution in [0, 0.1) is 5.92 Å². The first-order chi connectivity index (χ1) is 22.9. The molecule has 1 heterocycles. The summed E-state index contributed by atoms with van der Waals surface area (Å²) in [6.07, 6.45) is 4.18. The summed E-state index contributed by atoms with van der Waals surface area (Å²) in [4.78, 5) is 2.34. The number of hydrogen-bond acceptors (Lipinski definition) is 7. The summed E-state index contributed by atoms with van der Waals surface area (Å²) in [7, 11) is -6.66. The lowest BCUT2D eigenvalue weighted by Crippen LogP contribution is -2.55. The molecule has 1 saturated carbocycles. The molecule has 1 saturated heterocycles. The first-order valence-electron chi connectivity index (χ1n) is 17.7. The van der Waals surface area contributed by atoms with E-state index in [-0.39, 0.29) is 23.5 Å². The van der Waals surface area contributed by atoms with Crippen LogP contribution in [0.5, 0.6) is 0 Å². The van der Waals surface area contributed by atoms with Gasteiger partial charge < -0.3 is 10.2 Å². The molecule has 5 rings (SSSR count). The first-order valence-corrected chi connectivity index (χ1v) is 21.0. The van der Waals surface area contributed by atoms with Crippen molar-refractivity contribution in [3.8, 4) is 0 Å². The SMILES string of the molecule is CC(C)(C)S(=O)(=O)C[C@H](O)C1CCCC1.CC(C)(C)S(=O)(=O)C[C@H](O)[C@H]1CCCN1C(c1ccccc1)(c1ccccc1)c1ccccc1.